The molecular formula is C18H23N3O3S2. The molecule has 0 atom stereocenters. The van der Waals surface area contributed by atoms with Crippen LogP contribution < -0.4 is 10.2 Å². The molecule has 2 aromatic rings. The lowest BCUT2D eigenvalue weighted by Gasteiger charge is -2.12. The standard InChI is InChI=1S/C18H23N3O3S2/c1-21(2)18-20-16-13(26-18)10-14(25-16)17(23)24-11-15(22)19-9-8-12-6-4-3-5-7-12/h6,10H,3-5,7-9,11H2,1-2H3,(H,19,22). The number of carbonyl (C=O) groups excluding carboxylic acids is 2. The maximum atomic E-state index is 12.1. The number of nitrogens with zero attached hydrogens (tertiary/aromatic N) is 2. The molecule has 0 saturated carbocycles. The van der Waals surface area contributed by atoms with Crippen molar-refractivity contribution in [3.05, 3.63) is 22.6 Å². The zero-order chi connectivity index (χ0) is 18.5. The molecule has 0 fully saturated rings. The van der Waals surface area contributed by atoms with Gasteiger partial charge < -0.3 is 15.0 Å². The number of amides is 1. The molecule has 6 nitrogen and oxygen atoms in total. The van der Waals surface area contributed by atoms with Crippen LogP contribution in [0, 0.1) is 0 Å². The van der Waals surface area contributed by atoms with E-state index in [9.17, 15) is 9.59 Å². The zero-order valence-corrected chi connectivity index (χ0v) is 16.7. The van der Waals surface area contributed by atoms with Crippen LogP contribution in [0.15, 0.2) is 17.7 Å². The van der Waals surface area contributed by atoms with Crippen molar-refractivity contribution in [2.75, 3.05) is 32.1 Å². The molecule has 140 valence electrons. The van der Waals surface area contributed by atoms with Gasteiger partial charge in [0.2, 0.25) is 0 Å². The summed E-state index contributed by atoms with van der Waals surface area (Å²) in [6.45, 7) is 0.341. The Morgan fingerprint density at radius 3 is 2.85 bits per heavy atom. The Hall–Kier alpha value is -1.93. The van der Waals surface area contributed by atoms with Gasteiger partial charge in [-0.2, -0.15) is 0 Å². The van der Waals surface area contributed by atoms with E-state index >= 15 is 0 Å². The molecule has 3 rings (SSSR count). The summed E-state index contributed by atoms with van der Waals surface area (Å²) in [6, 6.07) is 1.78. The number of thiophene rings is 1. The van der Waals surface area contributed by atoms with Crippen molar-refractivity contribution in [3.63, 3.8) is 0 Å². The Kier molecular flexibility index (Phi) is 6.26. The van der Waals surface area contributed by atoms with Gasteiger partial charge in [-0.15, -0.1) is 11.3 Å². The number of aromatic nitrogens is 1. The molecule has 26 heavy (non-hydrogen) atoms. The fourth-order valence-electron chi connectivity index (χ4n) is 2.76. The Morgan fingerprint density at radius 1 is 1.31 bits per heavy atom. The van der Waals surface area contributed by atoms with Gasteiger partial charge in [-0.25, -0.2) is 9.78 Å². The molecule has 1 aliphatic rings. The van der Waals surface area contributed by atoms with Crippen molar-refractivity contribution in [2.45, 2.75) is 32.1 Å². The molecule has 2 heterocycles. The number of thiazole rings is 1. The van der Waals surface area contributed by atoms with Gasteiger partial charge in [0.1, 0.15) is 9.71 Å². The largest absolute Gasteiger partial charge is 0.451 e. The second-order valence-electron chi connectivity index (χ2n) is 6.46. The number of fused-ring (bicyclic) bond motifs is 1. The van der Waals surface area contributed by atoms with Crippen LogP contribution in [0.1, 0.15) is 41.8 Å². The van der Waals surface area contributed by atoms with E-state index in [4.69, 9.17) is 4.74 Å². The van der Waals surface area contributed by atoms with Crippen LogP contribution in [-0.2, 0) is 9.53 Å². The molecule has 0 aliphatic heterocycles. The van der Waals surface area contributed by atoms with E-state index in [2.05, 4.69) is 16.4 Å². The third-order valence-corrected chi connectivity index (χ3v) is 6.46. The van der Waals surface area contributed by atoms with Gasteiger partial charge in [0.25, 0.3) is 5.91 Å². The first kappa shape index (κ1) is 18.8. The highest BCUT2D eigenvalue weighted by Crippen LogP contribution is 2.34. The van der Waals surface area contributed by atoms with E-state index in [1.165, 1.54) is 41.1 Å². The number of nitrogens with one attached hydrogen (secondary N) is 1. The maximum absolute atomic E-state index is 12.1. The molecule has 0 radical (unpaired) electrons. The van der Waals surface area contributed by atoms with Crippen molar-refractivity contribution in [1.29, 1.82) is 0 Å². The highest BCUT2D eigenvalue weighted by Gasteiger charge is 2.17. The lowest BCUT2D eigenvalue weighted by atomic mass is 9.97. The van der Waals surface area contributed by atoms with Gasteiger partial charge >= 0.3 is 5.97 Å². The number of esters is 1. The summed E-state index contributed by atoms with van der Waals surface area (Å²) in [5.41, 5.74) is 1.41. The van der Waals surface area contributed by atoms with Crippen LogP contribution >= 0.6 is 22.7 Å². The van der Waals surface area contributed by atoms with Crippen LogP contribution in [0.5, 0.6) is 0 Å². The molecule has 1 aliphatic carbocycles. The van der Waals surface area contributed by atoms with Crippen molar-refractivity contribution in [3.8, 4) is 0 Å². The summed E-state index contributed by atoms with van der Waals surface area (Å²) in [5, 5.41) is 3.71. The highest BCUT2D eigenvalue weighted by molar-refractivity contribution is 7.29. The number of ether oxygens (including phenoxy) is 1. The fraction of sp³-hybridized carbons (Fsp3) is 0.500. The van der Waals surface area contributed by atoms with Gasteiger partial charge in [0, 0.05) is 20.6 Å². The molecular weight excluding hydrogens is 370 g/mol. The van der Waals surface area contributed by atoms with Crippen LogP contribution in [0.3, 0.4) is 0 Å². The zero-order valence-electron chi connectivity index (χ0n) is 15.0. The van der Waals surface area contributed by atoms with E-state index in [0.29, 0.717) is 11.4 Å². The highest BCUT2D eigenvalue weighted by atomic mass is 32.1. The van der Waals surface area contributed by atoms with Crippen molar-refractivity contribution < 1.29 is 14.3 Å². The van der Waals surface area contributed by atoms with E-state index in [0.717, 1.165) is 33.9 Å². The minimum atomic E-state index is -0.475. The van der Waals surface area contributed by atoms with Crippen molar-refractivity contribution in [2.24, 2.45) is 0 Å². The normalized spacial score (nSPS) is 14.2. The monoisotopic (exact) mass is 393 g/mol. The second-order valence-corrected chi connectivity index (χ2v) is 8.49. The molecule has 1 N–H and O–H groups in total. The Morgan fingerprint density at radius 2 is 2.15 bits per heavy atom. The number of hydrogen-bond donors (Lipinski definition) is 1. The van der Waals surface area contributed by atoms with Gasteiger partial charge in [-0.3, -0.25) is 4.79 Å². The average Bonchev–Trinajstić information content (AvgIpc) is 3.20. The first-order valence-corrected chi connectivity index (χ1v) is 10.4. The van der Waals surface area contributed by atoms with Gasteiger partial charge in [-0.05, 0) is 38.2 Å². The Bertz CT molecular complexity index is 791. The topological polar surface area (TPSA) is 71.5 Å². The summed E-state index contributed by atoms with van der Waals surface area (Å²) >= 11 is 2.82. The minimum absolute atomic E-state index is 0.250. The van der Waals surface area contributed by atoms with Gasteiger partial charge in [-0.1, -0.05) is 23.0 Å². The summed E-state index contributed by atoms with van der Waals surface area (Å²) in [4.78, 5) is 31.7. The average molecular weight is 394 g/mol. The summed E-state index contributed by atoms with van der Waals surface area (Å²) in [6.07, 6.45) is 7.92. The first-order valence-electron chi connectivity index (χ1n) is 8.72. The van der Waals surface area contributed by atoms with Crippen LogP contribution in [0.4, 0.5) is 5.13 Å². The third kappa shape index (κ3) is 4.82. The molecule has 8 heteroatoms. The lowest BCUT2D eigenvalue weighted by Crippen LogP contribution is -2.29. The van der Waals surface area contributed by atoms with Crippen molar-refractivity contribution in [1.82, 2.24) is 10.3 Å². The lowest BCUT2D eigenvalue weighted by molar-refractivity contribution is -0.124. The van der Waals surface area contributed by atoms with Crippen molar-refractivity contribution >= 4 is 49.2 Å². The van der Waals surface area contributed by atoms with Crippen LogP contribution in [-0.4, -0.2) is 44.1 Å². The molecule has 0 bridgehead atoms. The molecule has 0 unspecified atom stereocenters. The SMILES string of the molecule is CN(C)c1nc2sc(C(=O)OCC(=O)NCCC3=CCCCC3)cc2s1. The summed E-state index contributed by atoms with van der Waals surface area (Å²) in [5.74, 6) is -0.738. The van der Waals surface area contributed by atoms with E-state index < -0.39 is 5.97 Å². The fourth-order valence-corrected chi connectivity index (χ4v) is 4.79. The number of carbonyl (C=O) groups is 2. The first-order chi connectivity index (χ1) is 12.5. The Balaban J connectivity index is 1.43. The quantitative estimate of drug-likeness (QED) is 0.575. The summed E-state index contributed by atoms with van der Waals surface area (Å²) in [7, 11) is 3.86. The maximum Gasteiger partial charge on any atom is 0.348 e. The number of hydrogen-bond acceptors (Lipinski definition) is 7. The molecule has 0 spiro atoms. The third-order valence-electron chi connectivity index (χ3n) is 4.15. The predicted octanol–water partition coefficient (Wildman–Crippen LogP) is 3.59. The second kappa shape index (κ2) is 8.64. The Labute approximate surface area is 160 Å². The van der Waals surface area contributed by atoms with Crippen LogP contribution in [0.25, 0.3) is 9.53 Å². The number of allylic oxidation sites excluding steroid dienone is 1. The van der Waals surface area contributed by atoms with E-state index in [1.807, 2.05) is 19.0 Å². The van der Waals surface area contributed by atoms with Gasteiger partial charge in [0.05, 0.1) is 4.70 Å². The minimum Gasteiger partial charge on any atom is -0.451 e. The van der Waals surface area contributed by atoms with Gasteiger partial charge in [0.15, 0.2) is 11.7 Å². The number of anilines is 1. The molecule has 0 aromatic carbocycles. The van der Waals surface area contributed by atoms with E-state index in [1.54, 1.807) is 6.07 Å². The molecule has 1 amide bonds. The molecule has 2 aromatic heterocycles. The molecule has 0 saturated heterocycles. The summed E-state index contributed by atoms with van der Waals surface area (Å²) < 4.78 is 6.07. The predicted molar refractivity (Wildman–Crippen MR) is 106 cm³/mol. The number of rotatable bonds is 7. The van der Waals surface area contributed by atoms with Crippen LogP contribution in [0.2, 0.25) is 0 Å². The smallest absolute Gasteiger partial charge is 0.348 e. The van der Waals surface area contributed by atoms with E-state index in [-0.39, 0.29) is 12.5 Å².